The molecule has 1 aromatic carbocycles. The summed E-state index contributed by atoms with van der Waals surface area (Å²) in [6.45, 7) is 2.50. The molecule has 0 spiro atoms. The number of aromatic amines is 1. The molecule has 2 aromatic heterocycles. The molecule has 0 bridgehead atoms. The first-order valence-corrected chi connectivity index (χ1v) is 8.52. The fourth-order valence-corrected chi connectivity index (χ4v) is 2.96. The quantitative estimate of drug-likeness (QED) is 0.647. The van der Waals surface area contributed by atoms with Crippen LogP contribution in [-0.2, 0) is 13.0 Å². The monoisotopic (exact) mass is 329 g/mol. The molecular weight excluding hydrogens is 310 g/mol. The lowest BCUT2D eigenvalue weighted by Crippen LogP contribution is -2.12. The van der Waals surface area contributed by atoms with Gasteiger partial charge in [-0.05, 0) is 24.6 Å². The molecule has 0 saturated carbocycles. The van der Waals surface area contributed by atoms with E-state index in [0.29, 0.717) is 12.2 Å². The standard InChI is InChI=1S/C16H19N5OS/c1-2-3-4-14-19-11-6-5-10(7-12(11)20-14)18-16(22)13-9-23-15(8-17)21-13/h5-7,9H,2-4,8,17H2,1H3,(H,18,22)(H,19,20). The van der Waals surface area contributed by atoms with Crippen LogP contribution < -0.4 is 11.1 Å². The van der Waals surface area contributed by atoms with Gasteiger partial charge in [-0.15, -0.1) is 11.3 Å². The highest BCUT2D eigenvalue weighted by Crippen LogP contribution is 2.19. The van der Waals surface area contributed by atoms with E-state index in [-0.39, 0.29) is 5.91 Å². The van der Waals surface area contributed by atoms with Crippen molar-refractivity contribution in [3.63, 3.8) is 0 Å². The second kappa shape index (κ2) is 6.89. The molecule has 3 rings (SSSR count). The third-order valence-corrected chi connectivity index (χ3v) is 4.39. The number of carbonyl (C=O) groups excluding carboxylic acids is 1. The van der Waals surface area contributed by atoms with Crippen molar-refractivity contribution >= 4 is 34.0 Å². The number of nitrogens with zero attached hydrogens (tertiary/aromatic N) is 2. The zero-order valence-electron chi connectivity index (χ0n) is 12.9. The van der Waals surface area contributed by atoms with Gasteiger partial charge in [0.1, 0.15) is 16.5 Å². The summed E-state index contributed by atoms with van der Waals surface area (Å²) in [4.78, 5) is 24.2. The molecule has 0 saturated heterocycles. The van der Waals surface area contributed by atoms with E-state index in [4.69, 9.17) is 5.73 Å². The maximum atomic E-state index is 12.2. The van der Waals surface area contributed by atoms with Crippen molar-refractivity contribution in [2.45, 2.75) is 32.7 Å². The van der Waals surface area contributed by atoms with Crippen LogP contribution in [0.2, 0.25) is 0 Å². The van der Waals surface area contributed by atoms with Gasteiger partial charge in [-0.3, -0.25) is 4.79 Å². The number of nitrogens with two attached hydrogens (primary N) is 1. The molecule has 3 aromatic rings. The highest BCUT2D eigenvalue weighted by Gasteiger charge is 2.11. The lowest BCUT2D eigenvalue weighted by atomic mass is 10.2. The number of aryl methyl sites for hydroxylation is 1. The van der Waals surface area contributed by atoms with Crippen molar-refractivity contribution in [2.24, 2.45) is 5.73 Å². The van der Waals surface area contributed by atoms with Gasteiger partial charge < -0.3 is 16.0 Å². The highest BCUT2D eigenvalue weighted by molar-refractivity contribution is 7.09. The molecule has 6 nitrogen and oxygen atoms in total. The summed E-state index contributed by atoms with van der Waals surface area (Å²) >= 11 is 1.39. The smallest absolute Gasteiger partial charge is 0.275 e. The molecule has 0 radical (unpaired) electrons. The van der Waals surface area contributed by atoms with Crippen molar-refractivity contribution in [1.82, 2.24) is 15.0 Å². The number of anilines is 1. The number of carbonyl (C=O) groups is 1. The fourth-order valence-electron chi connectivity index (χ4n) is 2.31. The van der Waals surface area contributed by atoms with Crippen molar-refractivity contribution < 1.29 is 4.79 Å². The molecule has 23 heavy (non-hydrogen) atoms. The highest BCUT2D eigenvalue weighted by atomic mass is 32.1. The molecule has 0 atom stereocenters. The predicted octanol–water partition coefficient (Wildman–Crippen LogP) is 3.07. The van der Waals surface area contributed by atoms with Gasteiger partial charge in [-0.1, -0.05) is 13.3 Å². The number of nitrogens with one attached hydrogen (secondary N) is 2. The van der Waals surface area contributed by atoms with Gasteiger partial charge in [0, 0.05) is 24.0 Å². The first-order valence-electron chi connectivity index (χ1n) is 7.64. The zero-order chi connectivity index (χ0) is 16.2. The Morgan fingerprint density at radius 3 is 3.00 bits per heavy atom. The van der Waals surface area contributed by atoms with Crippen molar-refractivity contribution in [3.8, 4) is 0 Å². The summed E-state index contributed by atoms with van der Waals surface area (Å²) in [6, 6.07) is 5.65. The maximum Gasteiger partial charge on any atom is 0.275 e. The first kappa shape index (κ1) is 15.6. The van der Waals surface area contributed by atoms with E-state index in [1.165, 1.54) is 11.3 Å². The minimum Gasteiger partial charge on any atom is -0.342 e. The number of imidazole rings is 1. The summed E-state index contributed by atoms with van der Waals surface area (Å²) < 4.78 is 0. The van der Waals surface area contributed by atoms with Crippen LogP contribution in [0.25, 0.3) is 11.0 Å². The summed E-state index contributed by atoms with van der Waals surface area (Å²) in [5.41, 5.74) is 8.47. The van der Waals surface area contributed by atoms with Crippen LogP contribution in [0.4, 0.5) is 5.69 Å². The number of aromatic nitrogens is 3. The number of fused-ring (bicyclic) bond motifs is 1. The van der Waals surface area contributed by atoms with Crippen LogP contribution in [-0.4, -0.2) is 20.9 Å². The van der Waals surface area contributed by atoms with Gasteiger partial charge in [-0.2, -0.15) is 0 Å². The number of rotatable bonds is 6. The minimum atomic E-state index is -0.231. The van der Waals surface area contributed by atoms with Crippen LogP contribution in [0.3, 0.4) is 0 Å². The molecule has 120 valence electrons. The van der Waals surface area contributed by atoms with E-state index in [1.807, 2.05) is 18.2 Å². The lowest BCUT2D eigenvalue weighted by molar-refractivity contribution is 0.102. The molecule has 0 unspecified atom stereocenters. The summed E-state index contributed by atoms with van der Waals surface area (Å²) in [5.74, 6) is 0.753. The molecule has 0 aliphatic heterocycles. The molecule has 2 heterocycles. The molecule has 4 N–H and O–H groups in total. The second-order valence-corrected chi connectivity index (χ2v) is 6.25. The van der Waals surface area contributed by atoms with Gasteiger partial charge in [-0.25, -0.2) is 9.97 Å². The van der Waals surface area contributed by atoms with Crippen molar-refractivity contribution in [2.75, 3.05) is 5.32 Å². The maximum absolute atomic E-state index is 12.2. The Morgan fingerprint density at radius 1 is 1.39 bits per heavy atom. The number of thiazole rings is 1. The number of hydrogen-bond donors (Lipinski definition) is 3. The largest absolute Gasteiger partial charge is 0.342 e. The van der Waals surface area contributed by atoms with Gasteiger partial charge in [0.05, 0.1) is 11.0 Å². The third kappa shape index (κ3) is 3.57. The Labute approximate surface area is 138 Å². The average Bonchev–Trinajstić information content (AvgIpc) is 3.18. The van der Waals surface area contributed by atoms with Crippen LogP contribution in [0.15, 0.2) is 23.6 Å². The van der Waals surface area contributed by atoms with Crippen molar-refractivity contribution in [1.29, 1.82) is 0 Å². The SMILES string of the molecule is CCCCc1nc2ccc(NC(=O)c3csc(CN)n3)cc2[nH]1. The molecular formula is C16H19N5OS. The van der Waals surface area contributed by atoms with Crippen LogP contribution >= 0.6 is 11.3 Å². The first-order chi connectivity index (χ1) is 11.2. The molecule has 0 aliphatic carbocycles. The predicted molar refractivity (Wildman–Crippen MR) is 92.7 cm³/mol. The topological polar surface area (TPSA) is 96.7 Å². The summed E-state index contributed by atoms with van der Waals surface area (Å²) in [6.07, 6.45) is 3.18. The summed E-state index contributed by atoms with van der Waals surface area (Å²) in [7, 11) is 0. The van der Waals surface area contributed by atoms with Gasteiger partial charge in [0.2, 0.25) is 0 Å². The van der Waals surface area contributed by atoms with Gasteiger partial charge in [0.15, 0.2) is 0 Å². The van der Waals surface area contributed by atoms with Crippen LogP contribution in [0.1, 0.15) is 41.1 Å². The number of hydrogen-bond acceptors (Lipinski definition) is 5. The average molecular weight is 329 g/mol. The zero-order valence-corrected chi connectivity index (χ0v) is 13.7. The number of unbranched alkanes of at least 4 members (excludes halogenated alkanes) is 1. The van der Waals surface area contributed by atoms with E-state index in [1.54, 1.807) is 5.38 Å². The summed E-state index contributed by atoms with van der Waals surface area (Å²) in [5, 5.41) is 5.32. The lowest BCUT2D eigenvalue weighted by Gasteiger charge is -2.02. The normalized spacial score (nSPS) is 11.0. The number of amides is 1. The van der Waals surface area contributed by atoms with Crippen LogP contribution in [0.5, 0.6) is 0 Å². The molecule has 1 amide bonds. The van der Waals surface area contributed by atoms with Crippen LogP contribution in [0, 0.1) is 0 Å². The van der Waals surface area contributed by atoms with E-state index in [2.05, 4.69) is 27.2 Å². The Hall–Kier alpha value is -2.25. The van der Waals surface area contributed by atoms with Crippen molar-refractivity contribution in [3.05, 3.63) is 40.1 Å². The second-order valence-electron chi connectivity index (χ2n) is 5.30. The van der Waals surface area contributed by atoms with Gasteiger partial charge >= 0.3 is 0 Å². The molecule has 7 heteroatoms. The number of H-pyrrole nitrogens is 1. The van der Waals surface area contributed by atoms with E-state index in [9.17, 15) is 4.79 Å². The minimum absolute atomic E-state index is 0.231. The van der Waals surface area contributed by atoms with E-state index < -0.39 is 0 Å². The molecule has 0 fully saturated rings. The van der Waals surface area contributed by atoms with Gasteiger partial charge in [0.25, 0.3) is 5.91 Å². The Morgan fingerprint density at radius 2 is 2.26 bits per heavy atom. The Balaban J connectivity index is 1.75. The van der Waals surface area contributed by atoms with E-state index >= 15 is 0 Å². The van der Waals surface area contributed by atoms with E-state index in [0.717, 1.165) is 46.8 Å². The number of benzene rings is 1. The molecule has 0 aliphatic rings. The fraction of sp³-hybridized carbons (Fsp3) is 0.312. The Kier molecular flexibility index (Phi) is 4.68. The Bertz CT molecular complexity index is 823. The third-order valence-electron chi connectivity index (χ3n) is 3.51.